The lowest BCUT2D eigenvalue weighted by atomic mass is 9.98. The number of carboxylic acid groups (broad SMARTS) is 1. The largest absolute Gasteiger partial charge is 0.545 e. The molecule has 0 unspecified atom stereocenters. The van der Waals surface area contributed by atoms with Crippen LogP contribution in [-0.2, 0) is 9.47 Å². The second-order valence-electron chi connectivity index (χ2n) is 9.23. The van der Waals surface area contributed by atoms with Crippen LogP contribution >= 0.6 is 0 Å². The Labute approximate surface area is 202 Å². The fourth-order valence-corrected chi connectivity index (χ4v) is 4.21. The fraction of sp³-hybridized carbons (Fsp3) is 0.222. The number of nitrogen functional groups attached to an aromatic ring is 1. The van der Waals surface area contributed by atoms with Crippen LogP contribution in [0.3, 0.4) is 0 Å². The van der Waals surface area contributed by atoms with Crippen molar-refractivity contribution in [2.24, 2.45) is 0 Å². The molecule has 0 saturated carbocycles. The van der Waals surface area contributed by atoms with Gasteiger partial charge in [-0.2, -0.15) is 0 Å². The number of fused-ring (bicyclic) bond motifs is 3. The summed E-state index contributed by atoms with van der Waals surface area (Å²) in [5.41, 5.74) is 8.46. The molecule has 1 aliphatic rings. The van der Waals surface area contributed by atoms with E-state index in [-0.39, 0.29) is 29.5 Å². The molecule has 8 heteroatoms. The molecular weight excluding hydrogens is 448 g/mol. The average molecular weight is 474 g/mol. The van der Waals surface area contributed by atoms with E-state index in [0.29, 0.717) is 0 Å². The van der Waals surface area contributed by atoms with Gasteiger partial charge < -0.3 is 25.1 Å². The van der Waals surface area contributed by atoms with Gasteiger partial charge in [-0.15, -0.1) is 0 Å². The summed E-state index contributed by atoms with van der Waals surface area (Å²) in [4.78, 5) is 36.7. The number of benzene rings is 3. The van der Waals surface area contributed by atoms with E-state index >= 15 is 0 Å². The average Bonchev–Trinajstić information content (AvgIpc) is 3.09. The molecule has 1 aliphatic carbocycles. The minimum absolute atomic E-state index is 0.0474. The summed E-state index contributed by atoms with van der Waals surface area (Å²) in [6.45, 7) is 5.02. The van der Waals surface area contributed by atoms with Crippen molar-refractivity contribution in [3.8, 4) is 11.1 Å². The Morgan fingerprint density at radius 1 is 0.971 bits per heavy atom. The molecule has 0 atom stereocenters. The maximum atomic E-state index is 12.6. The normalized spacial score (nSPS) is 12.4. The van der Waals surface area contributed by atoms with Crippen LogP contribution in [0.15, 0.2) is 60.7 Å². The van der Waals surface area contributed by atoms with Crippen molar-refractivity contribution in [1.29, 1.82) is 0 Å². The van der Waals surface area contributed by atoms with E-state index in [4.69, 9.17) is 15.2 Å². The predicted molar refractivity (Wildman–Crippen MR) is 129 cm³/mol. The molecule has 0 fully saturated rings. The van der Waals surface area contributed by atoms with Gasteiger partial charge in [-0.1, -0.05) is 48.5 Å². The van der Waals surface area contributed by atoms with E-state index in [1.54, 1.807) is 20.8 Å². The lowest BCUT2D eigenvalue weighted by Gasteiger charge is -2.22. The first kappa shape index (κ1) is 23.8. The van der Waals surface area contributed by atoms with Crippen molar-refractivity contribution >= 4 is 29.4 Å². The van der Waals surface area contributed by atoms with Gasteiger partial charge in [-0.25, -0.2) is 9.59 Å². The zero-order chi connectivity index (χ0) is 25.3. The van der Waals surface area contributed by atoms with Crippen LogP contribution in [-0.4, -0.2) is 30.2 Å². The number of amides is 1. The van der Waals surface area contributed by atoms with Crippen LogP contribution in [0.25, 0.3) is 11.1 Å². The van der Waals surface area contributed by atoms with Gasteiger partial charge in [-0.3, -0.25) is 5.32 Å². The monoisotopic (exact) mass is 473 g/mol. The second-order valence-corrected chi connectivity index (χ2v) is 9.23. The molecule has 3 N–H and O–H groups in total. The quantitative estimate of drug-likeness (QED) is 0.424. The number of carboxylic acids is 1. The van der Waals surface area contributed by atoms with Crippen molar-refractivity contribution in [2.45, 2.75) is 32.3 Å². The first-order valence-corrected chi connectivity index (χ1v) is 11.1. The van der Waals surface area contributed by atoms with Crippen LogP contribution in [0.1, 0.15) is 58.5 Å². The van der Waals surface area contributed by atoms with Crippen LogP contribution in [0.2, 0.25) is 0 Å². The van der Waals surface area contributed by atoms with Crippen molar-refractivity contribution in [1.82, 2.24) is 0 Å². The lowest BCUT2D eigenvalue weighted by Crippen LogP contribution is -2.30. The van der Waals surface area contributed by atoms with Gasteiger partial charge in [0.05, 0.1) is 11.5 Å². The molecule has 3 aromatic carbocycles. The Bertz CT molecular complexity index is 1280. The SMILES string of the molecule is CC(C)(C)OC(=O)c1c(N)cc(NC(=O)OCC2c3ccccc3-c3ccccc32)cc1C(=O)[O-]. The molecule has 0 radical (unpaired) electrons. The third-order valence-electron chi connectivity index (χ3n) is 5.58. The van der Waals surface area contributed by atoms with Gasteiger partial charge in [-0.05, 0) is 55.2 Å². The molecule has 0 saturated heterocycles. The Kier molecular flexibility index (Phi) is 6.22. The number of carbonyl (C=O) groups is 3. The maximum absolute atomic E-state index is 12.6. The van der Waals surface area contributed by atoms with E-state index in [9.17, 15) is 19.5 Å². The van der Waals surface area contributed by atoms with E-state index in [2.05, 4.69) is 5.32 Å². The molecule has 4 rings (SSSR count). The zero-order valence-corrected chi connectivity index (χ0v) is 19.6. The molecule has 180 valence electrons. The molecule has 0 heterocycles. The van der Waals surface area contributed by atoms with Crippen molar-refractivity contribution in [3.63, 3.8) is 0 Å². The number of ether oxygens (including phenoxy) is 2. The molecular formula is C27H25N2O6-. The summed E-state index contributed by atoms with van der Waals surface area (Å²) >= 11 is 0. The Morgan fingerprint density at radius 3 is 2.09 bits per heavy atom. The number of rotatable bonds is 5. The smallest absolute Gasteiger partial charge is 0.411 e. The molecule has 1 amide bonds. The highest BCUT2D eigenvalue weighted by Gasteiger charge is 2.29. The van der Waals surface area contributed by atoms with E-state index in [1.807, 2.05) is 48.5 Å². The second kappa shape index (κ2) is 9.13. The zero-order valence-electron chi connectivity index (χ0n) is 19.6. The van der Waals surface area contributed by atoms with Crippen LogP contribution in [0.4, 0.5) is 16.2 Å². The first-order valence-electron chi connectivity index (χ1n) is 11.1. The van der Waals surface area contributed by atoms with Crippen LogP contribution in [0.5, 0.6) is 0 Å². The Morgan fingerprint density at radius 2 is 1.54 bits per heavy atom. The summed E-state index contributed by atoms with van der Waals surface area (Å²) in [7, 11) is 0. The molecule has 8 nitrogen and oxygen atoms in total. The van der Waals surface area contributed by atoms with Gasteiger partial charge in [0.1, 0.15) is 12.2 Å². The Balaban J connectivity index is 1.51. The number of carbonyl (C=O) groups excluding carboxylic acids is 3. The fourth-order valence-electron chi connectivity index (χ4n) is 4.21. The number of anilines is 2. The summed E-state index contributed by atoms with van der Waals surface area (Å²) in [5, 5.41) is 14.2. The first-order chi connectivity index (χ1) is 16.5. The highest BCUT2D eigenvalue weighted by atomic mass is 16.6. The molecule has 0 aliphatic heterocycles. The summed E-state index contributed by atoms with van der Waals surface area (Å²) in [6, 6.07) is 18.2. The van der Waals surface area contributed by atoms with Gasteiger partial charge in [0.2, 0.25) is 0 Å². The standard InChI is InChI=1S/C27H26N2O6/c1-27(2,3)35-25(32)23-20(24(30)31)12-15(13-22(23)28)29-26(33)34-14-21-18-10-6-4-8-16(18)17-9-5-7-11-19(17)21/h4-13,21H,14,28H2,1-3H3,(H,29,33)(H,30,31)/p-1. The van der Waals surface area contributed by atoms with Gasteiger partial charge in [0.25, 0.3) is 0 Å². The van der Waals surface area contributed by atoms with E-state index < -0.39 is 29.2 Å². The highest BCUT2D eigenvalue weighted by Crippen LogP contribution is 2.44. The van der Waals surface area contributed by atoms with Crippen LogP contribution in [0, 0.1) is 0 Å². The molecule has 0 spiro atoms. The van der Waals surface area contributed by atoms with Crippen molar-refractivity contribution in [2.75, 3.05) is 17.7 Å². The number of hydrogen-bond acceptors (Lipinski definition) is 7. The van der Waals surface area contributed by atoms with Crippen molar-refractivity contribution in [3.05, 3.63) is 82.9 Å². The summed E-state index contributed by atoms with van der Waals surface area (Å²) in [6.07, 6.45) is -0.791. The topological polar surface area (TPSA) is 131 Å². The number of aromatic carboxylic acids is 1. The molecule has 0 aromatic heterocycles. The van der Waals surface area contributed by atoms with Crippen molar-refractivity contribution < 1.29 is 29.0 Å². The Hall–Kier alpha value is -4.33. The predicted octanol–water partition coefficient (Wildman–Crippen LogP) is 3.95. The molecule has 35 heavy (non-hydrogen) atoms. The number of esters is 1. The van der Waals surface area contributed by atoms with Crippen LogP contribution < -0.4 is 16.2 Å². The maximum Gasteiger partial charge on any atom is 0.411 e. The van der Waals surface area contributed by atoms with E-state index in [0.717, 1.165) is 28.3 Å². The minimum Gasteiger partial charge on any atom is -0.545 e. The minimum atomic E-state index is -1.63. The third kappa shape index (κ3) is 4.96. The molecule has 3 aromatic rings. The lowest BCUT2D eigenvalue weighted by molar-refractivity contribution is -0.255. The highest BCUT2D eigenvalue weighted by molar-refractivity contribution is 6.07. The number of hydrogen-bond donors (Lipinski definition) is 2. The number of nitrogens with two attached hydrogens (primary N) is 1. The summed E-state index contributed by atoms with van der Waals surface area (Å²) in [5.74, 6) is -2.66. The van der Waals surface area contributed by atoms with Gasteiger partial charge in [0, 0.05) is 22.9 Å². The van der Waals surface area contributed by atoms with E-state index in [1.165, 1.54) is 6.07 Å². The number of nitrogens with one attached hydrogen (secondary N) is 1. The third-order valence-corrected chi connectivity index (χ3v) is 5.58. The molecule has 0 bridgehead atoms. The van der Waals surface area contributed by atoms with Gasteiger partial charge >= 0.3 is 12.1 Å². The summed E-state index contributed by atoms with van der Waals surface area (Å²) < 4.78 is 10.7. The van der Waals surface area contributed by atoms with Gasteiger partial charge in [0.15, 0.2) is 0 Å².